The lowest BCUT2D eigenvalue weighted by atomic mass is 10.1. The maximum Gasteiger partial charge on any atom is 0.194 e. The predicted molar refractivity (Wildman–Crippen MR) is 59.2 cm³/mol. The van der Waals surface area contributed by atoms with Crippen molar-refractivity contribution in [3.8, 4) is 0 Å². The molecule has 0 aromatic carbocycles. The van der Waals surface area contributed by atoms with Gasteiger partial charge < -0.3 is 10.5 Å². The third kappa shape index (κ3) is 2.15. The summed E-state index contributed by atoms with van der Waals surface area (Å²) in [5.41, 5.74) is 6.14. The highest BCUT2D eigenvalue weighted by atomic mass is 16.5. The number of Topliss-reactive ketones (excluding diaryl/α,β-unsaturated/α-hetero) is 1. The van der Waals surface area contributed by atoms with E-state index in [1.807, 2.05) is 6.92 Å². The van der Waals surface area contributed by atoms with Crippen molar-refractivity contribution in [2.75, 3.05) is 6.54 Å². The minimum absolute atomic E-state index is 0.0238. The van der Waals surface area contributed by atoms with Gasteiger partial charge in [-0.15, -0.1) is 0 Å². The SMILES string of the molecule is CCn1cc(C(=O)C2CCC(CN)O2)cn1. The van der Waals surface area contributed by atoms with Gasteiger partial charge in [0.15, 0.2) is 5.78 Å². The van der Waals surface area contributed by atoms with E-state index >= 15 is 0 Å². The van der Waals surface area contributed by atoms with Crippen LogP contribution in [0.25, 0.3) is 0 Å². The topological polar surface area (TPSA) is 70.1 Å². The van der Waals surface area contributed by atoms with Gasteiger partial charge in [0.05, 0.1) is 17.9 Å². The molecule has 2 atom stereocenters. The molecule has 5 heteroatoms. The van der Waals surface area contributed by atoms with Crippen LogP contribution in [0, 0.1) is 0 Å². The van der Waals surface area contributed by atoms with E-state index in [0.717, 1.165) is 19.4 Å². The molecule has 2 heterocycles. The second-order valence-corrected chi connectivity index (χ2v) is 4.01. The van der Waals surface area contributed by atoms with Gasteiger partial charge in [0.25, 0.3) is 0 Å². The van der Waals surface area contributed by atoms with Gasteiger partial charge in [0, 0.05) is 19.3 Å². The molecule has 0 aliphatic carbocycles. The van der Waals surface area contributed by atoms with Crippen LogP contribution in [-0.4, -0.2) is 34.3 Å². The molecule has 2 rings (SSSR count). The second-order valence-electron chi connectivity index (χ2n) is 4.01. The van der Waals surface area contributed by atoms with Crippen LogP contribution in [0.1, 0.15) is 30.1 Å². The fourth-order valence-electron chi connectivity index (χ4n) is 1.92. The molecule has 0 saturated carbocycles. The third-order valence-corrected chi connectivity index (χ3v) is 2.90. The molecule has 0 spiro atoms. The Kier molecular flexibility index (Phi) is 3.36. The van der Waals surface area contributed by atoms with E-state index in [-0.39, 0.29) is 18.0 Å². The lowest BCUT2D eigenvalue weighted by Gasteiger charge is -2.09. The largest absolute Gasteiger partial charge is 0.366 e. The maximum atomic E-state index is 12.0. The number of hydrogen-bond acceptors (Lipinski definition) is 4. The summed E-state index contributed by atoms with van der Waals surface area (Å²) < 4.78 is 7.30. The molecule has 2 unspecified atom stereocenters. The lowest BCUT2D eigenvalue weighted by Crippen LogP contribution is -2.25. The molecule has 1 saturated heterocycles. The molecule has 0 bridgehead atoms. The minimum Gasteiger partial charge on any atom is -0.366 e. The van der Waals surface area contributed by atoms with Crippen molar-refractivity contribution in [1.82, 2.24) is 9.78 Å². The van der Waals surface area contributed by atoms with Crippen LogP contribution in [0.15, 0.2) is 12.4 Å². The Morgan fingerprint density at radius 3 is 3.06 bits per heavy atom. The highest BCUT2D eigenvalue weighted by Gasteiger charge is 2.30. The minimum atomic E-state index is -0.331. The number of ether oxygens (including phenoxy) is 1. The van der Waals surface area contributed by atoms with Crippen molar-refractivity contribution in [2.45, 2.75) is 38.5 Å². The molecule has 5 nitrogen and oxygen atoms in total. The zero-order chi connectivity index (χ0) is 11.5. The number of hydrogen-bond donors (Lipinski definition) is 1. The first-order valence-electron chi connectivity index (χ1n) is 5.66. The summed E-state index contributed by atoms with van der Waals surface area (Å²) in [6.07, 6.45) is 4.71. The highest BCUT2D eigenvalue weighted by molar-refractivity contribution is 5.99. The lowest BCUT2D eigenvalue weighted by molar-refractivity contribution is 0.0404. The van der Waals surface area contributed by atoms with Crippen molar-refractivity contribution in [1.29, 1.82) is 0 Å². The molecule has 16 heavy (non-hydrogen) atoms. The number of ketones is 1. The molecular weight excluding hydrogens is 206 g/mol. The summed E-state index contributed by atoms with van der Waals surface area (Å²) >= 11 is 0. The summed E-state index contributed by atoms with van der Waals surface area (Å²) in [5.74, 6) is 0.0238. The van der Waals surface area contributed by atoms with E-state index in [2.05, 4.69) is 5.10 Å². The Morgan fingerprint density at radius 1 is 1.69 bits per heavy atom. The van der Waals surface area contributed by atoms with Crippen molar-refractivity contribution >= 4 is 5.78 Å². The Hall–Kier alpha value is -1.20. The monoisotopic (exact) mass is 223 g/mol. The second kappa shape index (κ2) is 4.76. The average molecular weight is 223 g/mol. The summed E-state index contributed by atoms with van der Waals surface area (Å²) in [6, 6.07) is 0. The molecule has 88 valence electrons. The molecular formula is C11H17N3O2. The maximum absolute atomic E-state index is 12.0. The average Bonchev–Trinajstić information content (AvgIpc) is 2.97. The van der Waals surface area contributed by atoms with Crippen molar-refractivity contribution in [3.63, 3.8) is 0 Å². The molecule has 0 amide bonds. The van der Waals surface area contributed by atoms with Crippen LogP contribution in [0.3, 0.4) is 0 Å². The smallest absolute Gasteiger partial charge is 0.194 e. The van der Waals surface area contributed by atoms with Crippen molar-refractivity contribution in [2.24, 2.45) is 5.73 Å². The zero-order valence-corrected chi connectivity index (χ0v) is 9.43. The molecule has 2 N–H and O–H groups in total. The standard InChI is InChI=1S/C11H17N3O2/c1-2-14-7-8(6-13-14)11(15)10-4-3-9(5-12)16-10/h6-7,9-10H,2-5,12H2,1H3. The van der Waals surface area contributed by atoms with Gasteiger partial charge in [-0.05, 0) is 19.8 Å². The van der Waals surface area contributed by atoms with E-state index in [1.54, 1.807) is 17.1 Å². The van der Waals surface area contributed by atoms with Gasteiger partial charge in [0.1, 0.15) is 6.10 Å². The van der Waals surface area contributed by atoms with E-state index in [1.165, 1.54) is 0 Å². The Bertz CT molecular complexity index is 375. The summed E-state index contributed by atoms with van der Waals surface area (Å²) in [5, 5.41) is 4.08. The molecule has 1 aliphatic rings. The quantitative estimate of drug-likeness (QED) is 0.758. The number of aromatic nitrogens is 2. The van der Waals surface area contributed by atoms with E-state index < -0.39 is 0 Å². The Balaban J connectivity index is 2.02. The fraction of sp³-hybridized carbons (Fsp3) is 0.636. The summed E-state index contributed by atoms with van der Waals surface area (Å²) in [6.45, 7) is 3.24. The first kappa shape index (κ1) is 11.3. The van der Waals surface area contributed by atoms with Gasteiger partial charge in [-0.2, -0.15) is 5.10 Å². The molecule has 0 radical (unpaired) electrons. The number of carbonyl (C=O) groups is 1. The molecule has 1 aliphatic heterocycles. The number of nitrogens with zero attached hydrogens (tertiary/aromatic N) is 2. The van der Waals surface area contributed by atoms with Gasteiger partial charge in [-0.25, -0.2) is 0 Å². The molecule has 1 aromatic heterocycles. The van der Waals surface area contributed by atoms with E-state index in [0.29, 0.717) is 12.1 Å². The number of carbonyl (C=O) groups excluding carboxylic acids is 1. The molecule has 1 fully saturated rings. The number of rotatable bonds is 4. The van der Waals surface area contributed by atoms with Crippen LogP contribution >= 0.6 is 0 Å². The van der Waals surface area contributed by atoms with Gasteiger partial charge in [-0.1, -0.05) is 0 Å². The van der Waals surface area contributed by atoms with E-state index in [4.69, 9.17) is 10.5 Å². The van der Waals surface area contributed by atoms with Crippen molar-refractivity contribution in [3.05, 3.63) is 18.0 Å². The fourth-order valence-corrected chi connectivity index (χ4v) is 1.92. The van der Waals surface area contributed by atoms with Gasteiger partial charge in [-0.3, -0.25) is 9.48 Å². The number of nitrogens with two attached hydrogens (primary N) is 1. The first-order chi connectivity index (χ1) is 7.74. The summed E-state index contributed by atoms with van der Waals surface area (Å²) in [7, 11) is 0. The van der Waals surface area contributed by atoms with Crippen LogP contribution in [0.2, 0.25) is 0 Å². The van der Waals surface area contributed by atoms with Crippen LogP contribution < -0.4 is 5.73 Å². The zero-order valence-electron chi connectivity index (χ0n) is 9.43. The van der Waals surface area contributed by atoms with Crippen LogP contribution in [-0.2, 0) is 11.3 Å². The molecule has 1 aromatic rings. The Labute approximate surface area is 94.6 Å². The van der Waals surface area contributed by atoms with Crippen molar-refractivity contribution < 1.29 is 9.53 Å². The Morgan fingerprint density at radius 2 is 2.50 bits per heavy atom. The van der Waals surface area contributed by atoms with Gasteiger partial charge >= 0.3 is 0 Å². The van der Waals surface area contributed by atoms with Crippen LogP contribution in [0.5, 0.6) is 0 Å². The highest BCUT2D eigenvalue weighted by Crippen LogP contribution is 2.22. The van der Waals surface area contributed by atoms with Gasteiger partial charge in [0.2, 0.25) is 0 Å². The number of aryl methyl sites for hydroxylation is 1. The first-order valence-corrected chi connectivity index (χ1v) is 5.66. The van der Waals surface area contributed by atoms with E-state index in [9.17, 15) is 4.79 Å². The summed E-state index contributed by atoms with van der Waals surface area (Å²) in [4.78, 5) is 12.0. The third-order valence-electron chi connectivity index (χ3n) is 2.90. The normalized spacial score (nSPS) is 24.9. The predicted octanol–water partition coefficient (Wildman–Crippen LogP) is 0.592. The van der Waals surface area contributed by atoms with Crippen LogP contribution in [0.4, 0.5) is 0 Å².